The fourth-order valence-corrected chi connectivity index (χ4v) is 6.53. The molecular weight excluding hydrogens is 436 g/mol. The van der Waals surface area contributed by atoms with Crippen LogP contribution in [0.4, 0.5) is 5.82 Å². The Morgan fingerprint density at radius 2 is 1.94 bits per heavy atom. The van der Waals surface area contributed by atoms with Crippen molar-refractivity contribution in [3.8, 4) is 0 Å². The first-order valence-corrected chi connectivity index (χ1v) is 12.9. The molecule has 168 valence electrons. The van der Waals surface area contributed by atoms with E-state index >= 15 is 0 Å². The summed E-state index contributed by atoms with van der Waals surface area (Å²) in [6, 6.07) is 5.44. The Morgan fingerprint density at radius 3 is 2.61 bits per heavy atom. The minimum Gasteiger partial charge on any atom is -0.379 e. The molecule has 2 aliphatic heterocycles. The van der Waals surface area contributed by atoms with Gasteiger partial charge in [-0.2, -0.15) is 4.31 Å². The largest absolute Gasteiger partial charge is 0.379 e. The summed E-state index contributed by atoms with van der Waals surface area (Å²) in [5.41, 5.74) is 0.872. The van der Waals surface area contributed by atoms with Gasteiger partial charge in [0.05, 0.1) is 13.2 Å². The van der Waals surface area contributed by atoms with E-state index in [9.17, 15) is 13.2 Å². The molecule has 0 saturated carbocycles. The van der Waals surface area contributed by atoms with Gasteiger partial charge in [0.25, 0.3) is 5.91 Å². The van der Waals surface area contributed by atoms with Gasteiger partial charge in [-0.05, 0) is 41.8 Å². The summed E-state index contributed by atoms with van der Waals surface area (Å²) in [5.74, 6) is 1.33. The number of carbonyl (C=O) groups is 1. The Labute approximate surface area is 187 Å². The van der Waals surface area contributed by atoms with Gasteiger partial charge >= 0.3 is 0 Å². The maximum atomic E-state index is 12.9. The second-order valence-electron chi connectivity index (χ2n) is 8.01. The Hall–Kier alpha value is -2.01. The third-order valence-electron chi connectivity index (χ3n) is 5.79. The van der Waals surface area contributed by atoms with Gasteiger partial charge < -0.3 is 15.0 Å². The molecule has 31 heavy (non-hydrogen) atoms. The Bertz CT molecular complexity index is 993. The highest BCUT2D eigenvalue weighted by Crippen LogP contribution is 2.26. The van der Waals surface area contributed by atoms with Gasteiger partial charge in [0.15, 0.2) is 0 Å². The first-order valence-electron chi connectivity index (χ1n) is 10.6. The molecule has 2 aromatic heterocycles. The summed E-state index contributed by atoms with van der Waals surface area (Å²) in [5, 5.41) is 4.47. The molecule has 0 unspecified atom stereocenters. The number of sulfonamides is 1. The maximum Gasteiger partial charge on any atom is 0.263 e. The molecule has 0 atom stereocenters. The van der Waals surface area contributed by atoms with Crippen molar-refractivity contribution in [2.45, 2.75) is 31.2 Å². The van der Waals surface area contributed by atoms with Crippen LogP contribution < -0.4 is 10.2 Å². The van der Waals surface area contributed by atoms with Crippen LogP contribution in [0.15, 0.2) is 34.7 Å². The number of piperidine rings is 1. The Kier molecular flexibility index (Phi) is 6.90. The molecule has 0 radical (unpaired) electrons. The van der Waals surface area contributed by atoms with Crippen LogP contribution in [0, 0.1) is 5.92 Å². The fraction of sp³-hybridized carbons (Fsp3) is 0.524. The highest BCUT2D eigenvalue weighted by atomic mass is 32.2. The lowest BCUT2D eigenvalue weighted by atomic mass is 9.99. The van der Waals surface area contributed by atoms with Crippen LogP contribution >= 0.6 is 11.3 Å². The molecule has 4 heterocycles. The monoisotopic (exact) mass is 464 g/mol. The van der Waals surface area contributed by atoms with E-state index in [1.165, 1.54) is 23.2 Å². The topological polar surface area (TPSA) is 91.8 Å². The van der Waals surface area contributed by atoms with Crippen molar-refractivity contribution in [2.75, 3.05) is 44.3 Å². The number of morpholine rings is 1. The smallest absolute Gasteiger partial charge is 0.263 e. The summed E-state index contributed by atoms with van der Waals surface area (Å²) >= 11 is 1.13. The molecule has 2 saturated heterocycles. The predicted octanol–water partition coefficient (Wildman–Crippen LogP) is 2.33. The maximum absolute atomic E-state index is 12.9. The number of pyridine rings is 1. The number of thiophene rings is 1. The number of nitrogens with zero attached hydrogens (tertiary/aromatic N) is 3. The molecule has 10 heteroatoms. The minimum atomic E-state index is -3.71. The number of amides is 1. The zero-order valence-corrected chi connectivity index (χ0v) is 19.3. The van der Waals surface area contributed by atoms with Gasteiger partial charge in [-0.15, -0.1) is 11.3 Å². The van der Waals surface area contributed by atoms with E-state index in [0.717, 1.165) is 41.7 Å². The lowest BCUT2D eigenvalue weighted by Gasteiger charge is -2.31. The molecule has 8 nitrogen and oxygen atoms in total. The molecule has 1 amide bonds. The standard InChI is InChI=1S/C21H28N4O4S2/c1-16-4-7-24(8-5-16)19-3-2-17(14-22-19)15-23-21(26)20-18(6-13-30-20)31(27,28)25-9-11-29-12-10-25/h2-3,6,13-14,16H,4-5,7-12,15H2,1H3,(H,23,26). The molecule has 1 N–H and O–H groups in total. The summed E-state index contributed by atoms with van der Waals surface area (Å²) in [6.45, 7) is 5.93. The van der Waals surface area contributed by atoms with Crippen molar-refractivity contribution in [2.24, 2.45) is 5.92 Å². The molecule has 2 fully saturated rings. The minimum absolute atomic E-state index is 0.0599. The lowest BCUT2D eigenvalue weighted by molar-refractivity contribution is 0.0730. The lowest BCUT2D eigenvalue weighted by Crippen LogP contribution is -2.41. The predicted molar refractivity (Wildman–Crippen MR) is 120 cm³/mol. The normalized spacial score (nSPS) is 18.8. The Balaban J connectivity index is 1.38. The average Bonchev–Trinajstić information content (AvgIpc) is 3.30. The third-order valence-corrected chi connectivity index (χ3v) is 8.78. The molecule has 2 aliphatic rings. The first kappa shape index (κ1) is 22.2. The molecule has 2 aromatic rings. The third kappa shape index (κ3) is 5.08. The van der Waals surface area contributed by atoms with Gasteiger partial charge in [0.2, 0.25) is 10.0 Å². The quantitative estimate of drug-likeness (QED) is 0.706. The van der Waals surface area contributed by atoms with Crippen molar-refractivity contribution >= 4 is 33.1 Å². The molecular formula is C21H28N4O4S2. The van der Waals surface area contributed by atoms with Crippen molar-refractivity contribution in [3.05, 3.63) is 40.2 Å². The van der Waals surface area contributed by atoms with Crippen molar-refractivity contribution in [1.29, 1.82) is 0 Å². The molecule has 0 aromatic carbocycles. The number of anilines is 1. The fourth-order valence-electron chi connectivity index (χ4n) is 3.80. The number of aromatic nitrogens is 1. The van der Waals surface area contributed by atoms with E-state index in [-0.39, 0.29) is 16.3 Å². The van der Waals surface area contributed by atoms with Gasteiger partial charge in [0, 0.05) is 38.9 Å². The van der Waals surface area contributed by atoms with E-state index in [2.05, 4.69) is 22.1 Å². The van der Waals surface area contributed by atoms with Gasteiger partial charge in [-0.3, -0.25) is 4.79 Å². The van der Waals surface area contributed by atoms with E-state index in [1.54, 1.807) is 11.6 Å². The number of rotatable bonds is 6. The van der Waals surface area contributed by atoms with Gasteiger partial charge in [-0.1, -0.05) is 13.0 Å². The summed E-state index contributed by atoms with van der Waals surface area (Å²) in [7, 11) is -3.71. The van der Waals surface area contributed by atoms with E-state index in [4.69, 9.17) is 4.74 Å². The average molecular weight is 465 g/mol. The zero-order valence-electron chi connectivity index (χ0n) is 17.6. The van der Waals surface area contributed by atoms with Crippen LogP contribution in [0.2, 0.25) is 0 Å². The Morgan fingerprint density at radius 1 is 1.19 bits per heavy atom. The van der Waals surface area contributed by atoms with Gasteiger partial charge in [-0.25, -0.2) is 13.4 Å². The highest BCUT2D eigenvalue weighted by Gasteiger charge is 2.31. The SMILES string of the molecule is CC1CCN(c2ccc(CNC(=O)c3sccc3S(=O)(=O)N3CCOCC3)cn2)CC1. The number of nitrogens with one attached hydrogen (secondary N) is 1. The molecule has 0 bridgehead atoms. The molecule has 0 spiro atoms. The van der Waals surface area contributed by atoms with Crippen LogP contribution in [0.3, 0.4) is 0 Å². The number of ether oxygens (including phenoxy) is 1. The summed E-state index contributed by atoms with van der Waals surface area (Å²) < 4.78 is 32.5. The second kappa shape index (κ2) is 9.64. The molecule has 0 aliphatic carbocycles. The zero-order chi connectivity index (χ0) is 21.8. The highest BCUT2D eigenvalue weighted by molar-refractivity contribution is 7.89. The summed E-state index contributed by atoms with van der Waals surface area (Å²) in [4.78, 5) is 19.8. The first-order chi connectivity index (χ1) is 14.9. The van der Waals surface area contributed by atoms with Crippen molar-refractivity contribution in [1.82, 2.24) is 14.6 Å². The van der Waals surface area contributed by atoms with Crippen LogP contribution in [0.5, 0.6) is 0 Å². The number of carbonyl (C=O) groups excluding carboxylic acids is 1. The van der Waals surface area contributed by atoms with E-state index < -0.39 is 15.9 Å². The number of hydrogen-bond donors (Lipinski definition) is 1. The summed E-state index contributed by atoms with van der Waals surface area (Å²) in [6.07, 6.45) is 4.12. The van der Waals surface area contributed by atoms with E-state index in [0.29, 0.717) is 26.3 Å². The second-order valence-corrected chi connectivity index (χ2v) is 10.8. The van der Waals surface area contributed by atoms with Crippen LogP contribution in [0.1, 0.15) is 35.0 Å². The van der Waals surface area contributed by atoms with Crippen LogP contribution in [-0.2, 0) is 21.3 Å². The van der Waals surface area contributed by atoms with Crippen LogP contribution in [0.25, 0.3) is 0 Å². The van der Waals surface area contributed by atoms with E-state index in [1.807, 2.05) is 12.1 Å². The van der Waals surface area contributed by atoms with Gasteiger partial charge in [0.1, 0.15) is 15.6 Å². The van der Waals surface area contributed by atoms with Crippen molar-refractivity contribution in [3.63, 3.8) is 0 Å². The van der Waals surface area contributed by atoms with Crippen molar-refractivity contribution < 1.29 is 17.9 Å². The molecule has 4 rings (SSSR count). The number of hydrogen-bond acceptors (Lipinski definition) is 7. The van der Waals surface area contributed by atoms with Crippen LogP contribution in [-0.4, -0.2) is 63.0 Å².